The van der Waals surface area contributed by atoms with Crippen molar-refractivity contribution in [2.75, 3.05) is 24.4 Å². The molecule has 0 aliphatic carbocycles. The zero-order valence-corrected chi connectivity index (χ0v) is 21.4. The molecule has 0 saturated carbocycles. The molecule has 3 rings (SSSR count). The summed E-state index contributed by atoms with van der Waals surface area (Å²) in [5.41, 5.74) is 2.19. The first-order chi connectivity index (χ1) is 17.4. The van der Waals surface area contributed by atoms with Crippen LogP contribution in [0.2, 0.25) is 0 Å². The Morgan fingerprint density at radius 2 is 1.58 bits per heavy atom. The fraction of sp³-hybridized carbons (Fsp3) is 0.250. The van der Waals surface area contributed by atoms with Gasteiger partial charge in [-0.25, -0.2) is 4.79 Å². The van der Waals surface area contributed by atoms with Crippen LogP contribution in [0.25, 0.3) is 0 Å². The molecular weight excluding hydrogens is 476 g/mol. The van der Waals surface area contributed by atoms with Gasteiger partial charge in [-0.3, -0.25) is 9.59 Å². The number of rotatable bonds is 11. The molecule has 7 nitrogen and oxygen atoms in total. The van der Waals surface area contributed by atoms with Crippen molar-refractivity contribution in [2.45, 2.75) is 36.8 Å². The molecule has 0 heterocycles. The monoisotopic (exact) mass is 506 g/mol. The quantitative estimate of drug-likeness (QED) is 0.188. The molecule has 0 fully saturated rings. The predicted octanol–water partition coefficient (Wildman–Crippen LogP) is 6.02. The first-order valence-electron chi connectivity index (χ1n) is 11.7. The van der Waals surface area contributed by atoms with E-state index < -0.39 is 5.25 Å². The summed E-state index contributed by atoms with van der Waals surface area (Å²) in [6.07, 6.45) is 1.78. The number of esters is 1. The SMILES string of the molecule is CCCCOC(=O)c1ccc(NC(=O)C(C)Sc2cccc(NC(=O)c3ccc(OC)cc3)c2)cc1. The molecule has 188 valence electrons. The topological polar surface area (TPSA) is 93.7 Å². The molecule has 0 bridgehead atoms. The van der Waals surface area contributed by atoms with Crippen molar-refractivity contribution >= 4 is 40.9 Å². The summed E-state index contributed by atoms with van der Waals surface area (Å²) in [5.74, 6) is -0.100. The third kappa shape index (κ3) is 7.88. The molecule has 0 aliphatic heterocycles. The van der Waals surface area contributed by atoms with Crippen LogP contribution in [0.4, 0.5) is 11.4 Å². The molecule has 0 aliphatic rings. The van der Waals surface area contributed by atoms with Gasteiger partial charge in [0, 0.05) is 21.8 Å². The summed E-state index contributed by atoms with van der Waals surface area (Å²) < 4.78 is 10.3. The number of unbranched alkanes of at least 4 members (excludes halogenated alkanes) is 1. The number of methoxy groups -OCH3 is 1. The normalized spacial score (nSPS) is 11.3. The Morgan fingerprint density at radius 1 is 0.889 bits per heavy atom. The number of hydrogen-bond acceptors (Lipinski definition) is 6. The van der Waals surface area contributed by atoms with Crippen LogP contribution < -0.4 is 15.4 Å². The maximum absolute atomic E-state index is 12.7. The number of carbonyl (C=O) groups excluding carboxylic acids is 3. The van der Waals surface area contributed by atoms with E-state index in [1.54, 1.807) is 61.7 Å². The summed E-state index contributed by atoms with van der Waals surface area (Å²) in [6.45, 7) is 4.24. The average Bonchev–Trinajstić information content (AvgIpc) is 2.89. The van der Waals surface area contributed by atoms with E-state index in [0.717, 1.165) is 17.7 Å². The third-order valence-electron chi connectivity index (χ3n) is 5.25. The lowest BCUT2D eigenvalue weighted by atomic mass is 10.2. The number of anilines is 2. The zero-order valence-electron chi connectivity index (χ0n) is 20.6. The van der Waals surface area contributed by atoms with Crippen LogP contribution in [0.1, 0.15) is 47.4 Å². The molecule has 2 N–H and O–H groups in total. The van der Waals surface area contributed by atoms with E-state index in [1.807, 2.05) is 32.0 Å². The van der Waals surface area contributed by atoms with Gasteiger partial charge in [0.15, 0.2) is 0 Å². The molecule has 0 radical (unpaired) electrons. The highest BCUT2D eigenvalue weighted by Crippen LogP contribution is 2.27. The van der Waals surface area contributed by atoms with Gasteiger partial charge in [0.25, 0.3) is 5.91 Å². The second kappa shape index (κ2) is 13.3. The summed E-state index contributed by atoms with van der Waals surface area (Å²) in [4.78, 5) is 38.1. The van der Waals surface area contributed by atoms with E-state index in [1.165, 1.54) is 11.8 Å². The van der Waals surface area contributed by atoms with Crippen molar-refractivity contribution in [3.05, 3.63) is 83.9 Å². The standard InChI is InChI=1S/C28H30N2O5S/c1-4-5-17-35-28(33)21-9-13-22(14-10-21)29-26(31)19(2)36-25-8-6-7-23(18-25)30-27(32)20-11-15-24(34-3)16-12-20/h6-16,18-19H,4-5,17H2,1-3H3,(H,29,31)(H,30,32). The molecule has 3 aromatic carbocycles. The minimum absolute atomic E-state index is 0.175. The first-order valence-corrected chi connectivity index (χ1v) is 12.6. The molecule has 1 unspecified atom stereocenters. The Labute approximate surface area is 215 Å². The van der Waals surface area contributed by atoms with Gasteiger partial charge in [-0.2, -0.15) is 0 Å². The van der Waals surface area contributed by atoms with Crippen molar-refractivity contribution < 1.29 is 23.9 Å². The third-order valence-corrected chi connectivity index (χ3v) is 6.34. The van der Waals surface area contributed by atoms with Gasteiger partial charge in [0.05, 0.1) is 24.5 Å². The van der Waals surface area contributed by atoms with Crippen molar-refractivity contribution in [1.82, 2.24) is 0 Å². The van der Waals surface area contributed by atoms with Crippen LogP contribution in [0.5, 0.6) is 5.75 Å². The summed E-state index contributed by atoms with van der Waals surface area (Å²) in [6, 6.07) is 20.8. The molecular formula is C28H30N2O5S. The maximum Gasteiger partial charge on any atom is 0.338 e. The molecule has 3 aromatic rings. The van der Waals surface area contributed by atoms with Crippen molar-refractivity contribution in [2.24, 2.45) is 0 Å². The van der Waals surface area contributed by atoms with E-state index >= 15 is 0 Å². The summed E-state index contributed by atoms with van der Waals surface area (Å²) in [5, 5.41) is 5.35. The van der Waals surface area contributed by atoms with Crippen LogP contribution in [-0.2, 0) is 9.53 Å². The number of ether oxygens (including phenoxy) is 2. The second-order valence-corrected chi connectivity index (χ2v) is 9.44. The molecule has 8 heteroatoms. The van der Waals surface area contributed by atoms with Crippen molar-refractivity contribution in [3.8, 4) is 5.75 Å². The second-order valence-electron chi connectivity index (χ2n) is 8.03. The smallest absolute Gasteiger partial charge is 0.338 e. The highest BCUT2D eigenvalue weighted by Gasteiger charge is 2.16. The Bertz CT molecular complexity index is 1180. The molecule has 36 heavy (non-hydrogen) atoms. The number of amides is 2. The van der Waals surface area contributed by atoms with E-state index in [0.29, 0.717) is 34.9 Å². The molecule has 0 spiro atoms. The van der Waals surface area contributed by atoms with Gasteiger partial charge in [0.1, 0.15) is 5.75 Å². The number of thioether (sulfide) groups is 1. The van der Waals surface area contributed by atoms with Gasteiger partial charge in [0.2, 0.25) is 5.91 Å². The Kier molecular flexibility index (Phi) is 9.94. The van der Waals surface area contributed by atoms with Gasteiger partial charge in [-0.05, 0) is 80.1 Å². The van der Waals surface area contributed by atoms with Gasteiger partial charge >= 0.3 is 5.97 Å². The van der Waals surface area contributed by atoms with Crippen molar-refractivity contribution in [3.63, 3.8) is 0 Å². The van der Waals surface area contributed by atoms with E-state index in [-0.39, 0.29) is 17.8 Å². The number of hydrogen-bond donors (Lipinski definition) is 2. The predicted molar refractivity (Wildman–Crippen MR) is 143 cm³/mol. The largest absolute Gasteiger partial charge is 0.497 e. The van der Waals surface area contributed by atoms with Gasteiger partial charge in [-0.1, -0.05) is 19.4 Å². The number of benzene rings is 3. The van der Waals surface area contributed by atoms with Crippen LogP contribution in [0.3, 0.4) is 0 Å². The minimum Gasteiger partial charge on any atom is -0.497 e. The Balaban J connectivity index is 1.54. The molecule has 2 amide bonds. The van der Waals surface area contributed by atoms with E-state index in [2.05, 4.69) is 10.6 Å². The highest BCUT2D eigenvalue weighted by molar-refractivity contribution is 8.00. The number of nitrogens with one attached hydrogen (secondary N) is 2. The van der Waals surface area contributed by atoms with E-state index in [4.69, 9.17) is 9.47 Å². The lowest BCUT2D eigenvalue weighted by Crippen LogP contribution is -2.22. The van der Waals surface area contributed by atoms with E-state index in [9.17, 15) is 14.4 Å². The molecule has 1 atom stereocenters. The van der Waals surface area contributed by atoms with Gasteiger partial charge < -0.3 is 20.1 Å². The maximum atomic E-state index is 12.7. The molecule has 0 saturated heterocycles. The molecule has 0 aromatic heterocycles. The first kappa shape index (κ1) is 26.8. The number of carbonyl (C=O) groups is 3. The summed E-state index contributed by atoms with van der Waals surface area (Å²) in [7, 11) is 1.57. The van der Waals surface area contributed by atoms with Crippen LogP contribution in [0, 0.1) is 0 Å². The van der Waals surface area contributed by atoms with Gasteiger partial charge in [-0.15, -0.1) is 11.8 Å². The lowest BCUT2D eigenvalue weighted by molar-refractivity contribution is -0.115. The highest BCUT2D eigenvalue weighted by atomic mass is 32.2. The fourth-order valence-electron chi connectivity index (χ4n) is 3.18. The lowest BCUT2D eigenvalue weighted by Gasteiger charge is -2.13. The fourth-order valence-corrected chi connectivity index (χ4v) is 4.10. The summed E-state index contributed by atoms with van der Waals surface area (Å²) >= 11 is 1.38. The van der Waals surface area contributed by atoms with Crippen LogP contribution in [-0.4, -0.2) is 36.8 Å². The van der Waals surface area contributed by atoms with Crippen LogP contribution in [0.15, 0.2) is 77.7 Å². The Hall–Kier alpha value is -3.78. The van der Waals surface area contributed by atoms with Crippen molar-refractivity contribution in [1.29, 1.82) is 0 Å². The zero-order chi connectivity index (χ0) is 25.9. The minimum atomic E-state index is -0.392. The van der Waals surface area contributed by atoms with Crippen LogP contribution >= 0.6 is 11.8 Å². The Morgan fingerprint density at radius 3 is 2.25 bits per heavy atom. The average molecular weight is 507 g/mol.